The van der Waals surface area contributed by atoms with Crippen LogP contribution in [0.25, 0.3) is 11.3 Å². The number of aromatic amines is 1. The van der Waals surface area contributed by atoms with E-state index in [1.807, 2.05) is 55.5 Å². The van der Waals surface area contributed by atoms with E-state index < -0.39 is 0 Å². The summed E-state index contributed by atoms with van der Waals surface area (Å²) >= 11 is 0. The highest BCUT2D eigenvalue weighted by atomic mass is 35.5. The number of halogens is 1. The minimum Gasteiger partial charge on any atom is -0.497 e. The predicted octanol–water partition coefficient (Wildman–Crippen LogP) is 5.09. The summed E-state index contributed by atoms with van der Waals surface area (Å²) in [7, 11) is 1.65. The number of H-pyrrole nitrogens is 1. The monoisotopic (exact) mass is 408 g/mol. The molecular weight excluding hydrogens is 388 g/mol. The van der Waals surface area contributed by atoms with Gasteiger partial charge >= 0.3 is 0 Å². The average molecular weight is 409 g/mol. The maximum Gasteiger partial charge on any atom is 0.229 e. The summed E-state index contributed by atoms with van der Waals surface area (Å²) in [5.74, 6) is 2.00. The molecule has 0 radical (unpaired) electrons. The van der Waals surface area contributed by atoms with Gasteiger partial charge in [-0.15, -0.1) is 12.4 Å². The van der Waals surface area contributed by atoms with Crippen LogP contribution in [0.1, 0.15) is 5.56 Å². The van der Waals surface area contributed by atoms with Crippen LogP contribution >= 0.6 is 12.4 Å². The van der Waals surface area contributed by atoms with Crippen molar-refractivity contribution in [2.45, 2.75) is 6.92 Å². The van der Waals surface area contributed by atoms with Gasteiger partial charge in [-0.25, -0.2) is 9.97 Å². The third kappa shape index (κ3) is 4.83. The van der Waals surface area contributed by atoms with E-state index >= 15 is 0 Å². The molecule has 7 nitrogen and oxygen atoms in total. The Morgan fingerprint density at radius 1 is 1.00 bits per heavy atom. The van der Waals surface area contributed by atoms with Gasteiger partial charge in [-0.3, -0.25) is 0 Å². The van der Waals surface area contributed by atoms with Crippen molar-refractivity contribution in [3.8, 4) is 17.0 Å². The highest BCUT2D eigenvalue weighted by Gasteiger charge is 2.05. The number of aryl methyl sites for hydroxylation is 1. The number of benzene rings is 2. The van der Waals surface area contributed by atoms with E-state index in [9.17, 15) is 0 Å². The third-order valence-electron chi connectivity index (χ3n) is 4.31. The largest absolute Gasteiger partial charge is 0.497 e. The van der Waals surface area contributed by atoms with Gasteiger partial charge in [0.15, 0.2) is 0 Å². The molecule has 0 saturated heterocycles. The SMILES string of the molecule is COc1ccc(C)c(Nc2ccnc(Nc3ccc(-c4cnc[nH]4)cc3)n2)c1.Cl. The number of methoxy groups -OCH3 is 1. The second-order valence-corrected chi connectivity index (χ2v) is 6.24. The Morgan fingerprint density at radius 2 is 1.83 bits per heavy atom. The first-order valence-corrected chi connectivity index (χ1v) is 8.82. The van der Waals surface area contributed by atoms with Crippen LogP contribution in [0.5, 0.6) is 5.75 Å². The van der Waals surface area contributed by atoms with Gasteiger partial charge in [-0.05, 0) is 42.3 Å². The minimum atomic E-state index is 0. The highest BCUT2D eigenvalue weighted by Crippen LogP contribution is 2.25. The molecule has 2 aromatic carbocycles. The highest BCUT2D eigenvalue weighted by molar-refractivity contribution is 5.85. The number of ether oxygens (including phenoxy) is 1. The first-order valence-electron chi connectivity index (χ1n) is 8.82. The van der Waals surface area contributed by atoms with E-state index in [4.69, 9.17) is 4.74 Å². The Bertz CT molecular complexity index is 1070. The summed E-state index contributed by atoms with van der Waals surface area (Å²) in [6.45, 7) is 2.03. The van der Waals surface area contributed by atoms with Crippen LogP contribution in [0.15, 0.2) is 67.3 Å². The Labute approximate surface area is 175 Å². The number of nitrogens with one attached hydrogen (secondary N) is 3. The fourth-order valence-electron chi connectivity index (χ4n) is 2.77. The molecule has 2 heterocycles. The van der Waals surface area contributed by atoms with Gasteiger partial charge in [0.05, 0.1) is 25.3 Å². The van der Waals surface area contributed by atoms with Crippen LogP contribution in [-0.2, 0) is 0 Å². The normalized spacial score (nSPS) is 10.1. The first kappa shape index (κ1) is 20.2. The number of nitrogens with zero attached hydrogens (tertiary/aromatic N) is 3. The maximum absolute atomic E-state index is 5.30. The molecule has 8 heteroatoms. The van der Waals surface area contributed by atoms with E-state index in [1.54, 1.807) is 25.8 Å². The van der Waals surface area contributed by atoms with Gasteiger partial charge in [0.1, 0.15) is 11.6 Å². The molecule has 3 N–H and O–H groups in total. The first-order chi connectivity index (χ1) is 13.7. The summed E-state index contributed by atoms with van der Waals surface area (Å²) in [5, 5.41) is 6.55. The third-order valence-corrected chi connectivity index (χ3v) is 4.31. The number of hydrogen-bond acceptors (Lipinski definition) is 6. The fourth-order valence-corrected chi connectivity index (χ4v) is 2.77. The molecule has 0 aliphatic rings. The van der Waals surface area contributed by atoms with E-state index in [0.29, 0.717) is 11.8 Å². The van der Waals surface area contributed by atoms with E-state index in [1.165, 1.54) is 0 Å². The van der Waals surface area contributed by atoms with Gasteiger partial charge in [0.25, 0.3) is 0 Å². The molecule has 0 aliphatic carbocycles. The van der Waals surface area contributed by atoms with Gasteiger partial charge in [-0.1, -0.05) is 18.2 Å². The number of rotatable bonds is 6. The van der Waals surface area contributed by atoms with Gasteiger partial charge in [0.2, 0.25) is 5.95 Å². The topological polar surface area (TPSA) is 87.8 Å². The van der Waals surface area contributed by atoms with Crippen molar-refractivity contribution in [3.63, 3.8) is 0 Å². The van der Waals surface area contributed by atoms with Crippen molar-refractivity contribution in [1.29, 1.82) is 0 Å². The summed E-state index contributed by atoms with van der Waals surface area (Å²) in [6.07, 6.45) is 5.17. The molecular formula is C21H21ClN6O. The van der Waals surface area contributed by atoms with E-state index in [-0.39, 0.29) is 12.4 Å². The quantitative estimate of drug-likeness (QED) is 0.411. The molecule has 2 aromatic heterocycles. The smallest absolute Gasteiger partial charge is 0.229 e. The molecule has 0 atom stereocenters. The number of aromatic nitrogens is 4. The summed E-state index contributed by atoms with van der Waals surface area (Å²) in [5.41, 5.74) is 4.98. The molecule has 0 amide bonds. The van der Waals surface area contributed by atoms with Crippen molar-refractivity contribution >= 4 is 35.5 Å². The number of anilines is 4. The zero-order valence-corrected chi connectivity index (χ0v) is 16.8. The summed E-state index contributed by atoms with van der Waals surface area (Å²) in [6, 6.07) is 15.7. The van der Waals surface area contributed by atoms with E-state index in [0.717, 1.165) is 33.9 Å². The minimum absolute atomic E-state index is 0. The summed E-state index contributed by atoms with van der Waals surface area (Å²) in [4.78, 5) is 16.0. The molecule has 0 bridgehead atoms. The zero-order valence-electron chi connectivity index (χ0n) is 16.0. The van der Waals surface area contributed by atoms with Crippen LogP contribution in [0.3, 0.4) is 0 Å². The van der Waals surface area contributed by atoms with Crippen LogP contribution in [0, 0.1) is 6.92 Å². The lowest BCUT2D eigenvalue weighted by Gasteiger charge is -2.12. The molecule has 0 saturated carbocycles. The van der Waals surface area contributed by atoms with Crippen LogP contribution < -0.4 is 15.4 Å². The van der Waals surface area contributed by atoms with Crippen LogP contribution in [-0.4, -0.2) is 27.0 Å². The van der Waals surface area contributed by atoms with Crippen LogP contribution in [0.4, 0.5) is 23.1 Å². The van der Waals surface area contributed by atoms with Gasteiger partial charge in [-0.2, -0.15) is 4.98 Å². The molecule has 148 valence electrons. The molecule has 29 heavy (non-hydrogen) atoms. The Hall–Kier alpha value is -3.58. The van der Waals surface area contributed by atoms with Gasteiger partial charge < -0.3 is 20.4 Å². The zero-order chi connectivity index (χ0) is 19.3. The van der Waals surface area contributed by atoms with Crippen molar-refractivity contribution in [3.05, 3.63) is 72.8 Å². The average Bonchev–Trinajstić information content (AvgIpc) is 3.25. The second kappa shape index (κ2) is 9.07. The molecule has 4 aromatic rings. The van der Waals surface area contributed by atoms with Crippen molar-refractivity contribution in [2.24, 2.45) is 0 Å². The second-order valence-electron chi connectivity index (χ2n) is 6.24. The van der Waals surface area contributed by atoms with Crippen LogP contribution in [0.2, 0.25) is 0 Å². The van der Waals surface area contributed by atoms with Gasteiger partial charge in [0, 0.05) is 23.6 Å². The molecule has 4 rings (SSSR count). The standard InChI is InChI=1S/C21H20N6O.ClH/c1-14-3-8-17(28-2)11-18(14)26-20-9-10-23-21(27-20)25-16-6-4-15(5-7-16)19-12-22-13-24-19;/h3-13H,1-2H3,(H,22,24)(H2,23,25,26,27);1H. The predicted molar refractivity (Wildman–Crippen MR) is 118 cm³/mol. The van der Waals surface area contributed by atoms with Crippen molar-refractivity contribution in [2.75, 3.05) is 17.7 Å². The Morgan fingerprint density at radius 3 is 2.55 bits per heavy atom. The Balaban J connectivity index is 0.00000240. The lowest BCUT2D eigenvalue weighted by molar-refractivity contribution is 0.415. The molecule has 0 spiro atoms. The lowest BCUT2D eigenvalue weighted by atomic mass is 10.1. The van der Waals surface area contributed by atoms with Crippen molar-refractivity contribution in [1.82, 2.24) is 19.9 Å². The number of imidazole rings is 1. The van der Waals surface area contributed by atoms with Crippen molar-refractivity contribution < 1.29 is 4.74 Å². The lowest BCUT2D eigenvalue weighted by Crippen LogP contribution is -2.01. The summed E-state index contributed by atoms with van der Waals surface area (Å²) < 4.78 is 5.30. The molecule has 0 unspecified atom stereocenters. The van der Waals surface area contributed by atoms with E-state index in [2.05, 4.69) is 30.6 Å². The Kier molecular flexibility index (Phi) is 6.31. The maximum atomic E-state index is 5.30. The number of hydrogen-bond donors (Lipinski definition) is 3. The molecule has 0 aliphatic heterocycles. The fraction of sp³-hybridized carbons (Fsp3) is 0.0952. The molecule has 0 fully saturated rings.